The average Bonchev–Trinajstić information content (AvgIpc) is 2.31. The minimum Gasteiger partial charge on any atom is -0.350 e. The van der Waals surface area contributed by atoms with E-state index in [2.05, 4.69) is 4.74 Å². The molecule has 0 saturated heterocycles. The van der Waals surface area contributed by atoms with Crippen molar-refractivity contribution < 1.29 is 35.9 Å². The Morgan fingerprint density at radius 1 is 1.14 bits per heavy atom. The van der Waals surface area contributed by atoms with Gasteiger partial charge in [0.2, 0.25) is 6.10 Å². The van der Waals surface area contributed by atoms with Gasteiger partial charge in [-0.25, -0.2) is 0 Å². The Morgan fingerprint density at radius 3 is 2.10 bits per heavy atom. The number of hydrogen-bond donors (Lipinski definition) is 0. The highest BCUT2D eigenvalue weighted by molar-refractivity contribution is 6.31. The maximum atomic E-state index is 12.3. The van der Waals surface area contributed by atoms with Gasteiger partial charge in [-0.1, -0.05) is 23.7 Å². The third-order valence-corrected chi connectivity index (χ3v) is 2.65. The zero-order valence-corrected chi connectivity index (χ0v) is 11.2. The van der Waals surface area contributed by atoms with Crippen LogP contribution in [0.4, 0.5) is 26.3 Å². The van der Waals surface area contributed by atoms with Crippen LogP contribution in [0.3, 0.4) is 0 Å². The first-order valence-electron chi connectivity index (χ1n) is 5.51. The Kier molecular flexibility index (Phi) is 5.27. The minimum atomic E-state index is -5.67. The Labute approximate surface area is 120 Å². The smallest absolute Gasteiger partial charge is 0.350 e. The van der Waals surface area contributed by atoms with Gasteiger partial charge in [0.05, 0.1) is 0 Å². The molecular formula is C12H9ClF6O2. The Bertz CT molecular complexity index is 497. The second-order valence-corrected chi connectivity index (χ2v) is 4.55. The highest BCUT2D eigenvalue weighted by Gasteiger charge is 2.58. The molecule has 0 radical (unpaired) electrons. The Balaban J connectivity index is 2.92. The van der Waals surface area contributed by atoms with Crippen LogP contribution in [0.25, 0.3) is 0 Å². The van der Waals surface area contributed by atoms with Crippen molar-refractivity contribution in [3.63, 3.8) is 0 Å². The lowest BCUT2D eigenvalue weighted by atomic mass is 10.1. The van der Waals surface area contributed by atoms with Gasteiger partial charge in [-0.3, -0.25) is 4.79 Å². The molecule has 21 heavy (non-hydrogen) atoms. The molecule has 0 N–H and O–H groups in total. The maximum absolute atomic E-state index is 12.3. The molecule has 0 saturated carbocycles. The van der Waals surface area contributed by atoms with Gasteiger partial charge < -0.3 is 4.74 Å². The summed E-state index contributed by atoms with van der Waals surface area (Å²) in [6, 6.07) is 5.08. The molecule has 1 atom stereocenters. The summed E-state index contributed by atoms with van der Waals surface area (Å²) >= 11 is 5.59. The van der Waals surface area contributed by atoms with E-state index < -0.39 is 30.3 Å². The average molecular weight is 335 g/mol. The number of benzene rings is 1. The summed E-state index contributed by atoms with van der Waals surface area (Å²) in [4.78, 5) is 11.8. The summed E-state index contributed by atoms with van der Waals surface area (Å²) < 4.78 is 77.9. The molecule has 9 heteroatoms. The molecule has 118 valence electrons. The van der Waals surface area contributed by atoms with Crippen LogP contribution in [0.5, 0.6) is 0 Å². The van der Waals surface area contributed by atoms with E-state index in [4.69, 9.17) is 11.6 Å². The fourth-order valence-electron chi connectivity index (χ4n) is 1.48. The highest BCUT2D eigenvalue weighted by atomic mass is 35.5. The van der Waals surface area contributed by atoms with Crippen molar-refractivity contribution in [2.75, 3.05) is 0 Å². The molecule has 0 bridgehead atoms. The van der Waals surface area contributed by atoms with Crippen molar-refractivity contribution in [3.8, 4) is 0 Å². The summed E-state index contributed by atoms with van der Waals surface area (Å²) in [6.45, 7) is 0.813. The second kappa shape index (κ2) is 6.23. The number of alkyl halides is 6. The van der Waals surface area contributed by atoms with Crippen molar-refractivity contribution in [1.29, 1.82) is 0 Å². The molecule has 1 unspecified atom stereocenters. The summed E-state index contributed by atoms with van der Waals surface area (Å²) in [5.41, 5.74) is -0.141. The summed E-state index contributed by atoms with van der Waals surface area (Å²) in [7, 11) is 0. The third kappa shape index (κ3) is 4.89. The van der Waals surface area contributed by atoms with E-state index in [0.29, 0.717) is 0 Å². The van der Waals surface area contributed by atoms with E-state index in [1.807, 2.05) is 0 Å². The molecule has 0 aromatic heterocycles. The van der Waals surface area contributed by atoms with Crippen LogP contribution in [0.15, 0.2) is 24.3 Å². The normalized spacial score (nSPS) is 14.3. The quantitative estimate of drug-likeness (QED) is 0.602. The van der Waals surface area contributed by atoms with Crippen molar-refractivity contribution >= 4 is 17.4 Å². The topological polar surface area (TPSA) is 26.3 Å². The lowest BCUT2D eigenvalue weighted by molar-refractivity contribution is -0.325. The molecule has 0 aliphatic rings. The molecule has 0 aliphatic heterocycles. The SMILES string of the molecule is CC(OC(C(F)(F)F)C(F)(F)F)C(=O)c1cccc(Cl)c1. The monoisotopic (exact) mass is 334 g/mol. The number of carbonyl (C=O) groups excluding carboxylic acids is 1. The van der Waals surface area contributed by atoms with Crippen molar-refractivity contribution in [1.82, 2.24) is 0 Å². The number of ether oxygens (including phenoxy) is 1. The molecule has 1 aromatic carbocycles. The minimum absolute atomic E-state index is 0.122. The van der Waals surface area contributed by atoms with Gasteiger partial charge in [0.25, 0.3) is 0 Å². The predicted octanol–water partition coefficient (Wildman–Crippen LogP) is 4.42. The van der Waals surface area contributed by atoms with Crippen LogP contribution in [0, 0.1) is 0 Å². The van der Waals surface area contributed by atoms with Gasteiger partial charge in [0.15, 0.2) is 5.78 Å². The van der Waals surface area contributed by atoms with Crippen LogP contribution in [0.2, 0.25) is 5.02 Å². The van der Waals surface area contributed by atoms with Crippen LogP contribution >= 0.6 is 11.6 Å². The molecule has 1 aromatic rings. The summed E-state index contributed by atoms with van der Waals surface area (Å²) in [5.74, 6) is -1.03. The first-order chi connectivity index (χ1) is 9.43. The molecule has 2 nitrogen and oxygen atoms in total. The van der Waals surface area contributed by atoms with Crippen LogP contribution in [0.1, 0.15) is 17.3 Å². The zero-order chi connectivity index (χ0) is 16.4. The van der Waals surface area contributed by atoms with Gasteiger partial charge in [-0.15, -0.1) is 0 Å². The molecule has 0 spiro atoms. The highest BCUT2D eigenvalue weighted by Crippen LogP contribution is 2.36. The van der Waals surface area contributed by atoms with E-state index in [9.17, 15) is 31.1 Å². The number of halogens is 7. The molecular weight excluding hydrogens is 326 g/mol. The van der Waals surface area contributed by atoms with Gasteiger partial charge >= 0.3 is 12.4 Å². The maximum Gasteiger partial charge on any atom is 0.423 e. The lowest BCUT2D eigenvalue weighted by Crippen LogP contribution is -2.47. The molecule has 0 aliphatic carbocycles. The summed E-state index contributed by atoms with van der Waals surface area (Å²) in [6.07, 6.45) is -17.3. The first-order valence-corrected chi connectivity index (χ1v) is 5.89. The number of ketones is 1. The van der Waals surface area contributed by atoms with Gasteiger partial charge in [-0.05, 0) is 19.1 Å². The number of Topliss-reactive ketones (excluding diaryl/α,β-unsaturated/α-hetero) is 1. The standard InChI is InChI=1S/C12H9ClF6O2/c1-6(9(20)7-3-2-4-8(13)5-7)21-10(11(14,15)16)12(17,18)19/h2-6,10H,1H3. The largest absolute Gasteiger partial charge is 0.423 e. The molecule has 1 rings (SSSR count). The lowest BCUT2D eigenvalue weighted by Gasteiger charge is -2.25. The zero-order valence-electron chi connectivity index (χ0n) is 10.4. The number of carbonyl (C=O) groups is 1. The van der Waals surface area contributed by atoms with E-state index >= 15 is 0 Å². The molecule has 0 amide bonds. The first kappa shape index (κ1) is 17.8. The fraction of sp³-hybridized carbons (Fsp3) is 0.417. The van der Waals surface area contributed by atoms with Gasteiger partial charge in [0, 0.05) is 10.6 Å². The number of hydrogen-bond acceptors (Lipinski definition) is 2. The number of rotatable bonds is 4. The van der Waals surface area contributed by atoms with E-state index in [1.165, 1.54) is 18.2 Å². The van der Waals surface area contributed by atoms with Crippen LogP contribution in [-0.4, -0.2) is 30.3 Å². The van der Waals surface area contributed by atoms with Crippen LogP contribution in [-0.2, 0) is 4.74 Å². The van der Waals surface area contributed by atoms with Crippen molar-refractivity contribution in [3.05, 3.63) is 34.9 Å². The Hall–Kier alpha value is -1.28. The molecule has 0 fully saturated rings. The van der Waals surface area contributed by atoms with Gasteiger partial charge in [0.1, 0.15) is 6.10 Å². The predicted molar refractivity (Wildman–Crippen MR) is 62.2 cm³/mol. The Morgan fingerprint density at radius 2 is 1.67 bits per heavy atom. The van der Waals surface area contributed by atoms with Crippen molar-refractivity contribution in [2.24, 2.45) is 0 Å². The van der Waals surface area contributed by atoms with Crippen LogP contribution < -0.4 is 0 Å². The summed E-state index contributed by atoms with van der Waals surface area (Å²) in [5, 5.41) is 0.122. The fourth-order valence-corrected chi connectivity index (χ4v) is 1.67. The van der Waals surface area contributed by atoms with Crippen molar-refractivity contribution in [2.45, 2.75) is 31.5 Å². The third-order valence-electron chi connectivity index (χ3n) is 2.41. The van der Waals surface area contributed by atoms with E-state index in [1.54, 1.807) is 0 Å². The second-order valence-electron chi connectivity index (χ2n) is 4.12. The van der Waals surface area contributed by atoms with E-state index in [-0.39, 0.29) is 10.6 Å². The van der Waals surface area contributed by atoms with Gasteiger partial charge in [-0.2, -0.15) is 26.3 Å². The van der Waals surface area contributed by atoms with E-state index in [0.717, 1.165) is 13.0 Å². The molecule has 0 heterocycles.